The number of amides is 1. The predicted molar refractivity (Wildman–Crippen MR) is 71.7 cm³/mol. The van der Waals surface area contributed by atoms with Crippen LogP contribution in [0, 0.1) is 0 Å². The number of rotatable bonds is 3. The predicted octanol–water partition coefficient (Wildman–Crippen LogP) is 3.67. The van der Waals surface area contributed by atoms with Crippen LogP contribution < -0.4 is 5.32 Å². The number of anilines is 1. The lowest BCUT2D eigenvalue weighted by Gasteiger charge is -2.12. The molecule has 90 valence electrons. The summed E-state index contributed by atoms with van der Waals surface area (Å²) in [6, 6.07) is 3.63. The van der Waals surface area contributed by atoms with E-state index < -0.39 is 0 Å². The van der Waals surface area contributed by atoms with Gasteiger partial charge < -0.3 is 5.32 Å². The van der Waals surface area contributed by atoms with Crippen LogP contribution in [-0.4, -0.2) is 10.9 Å². The molecule has 1 N–H and O–H groups in total. The van der Waals surface area contributed by atoms with Crippen LogP contribution in [0.25, 0.3) is 0 Å². The third-order valence-electron chi connectivity index (χ3n) is 2.76. The van der Waals surface area contributed by atoms with Gasteiger partial charge in [-0.25, -0.2) is 4.98 Å². The number of nitrogens with zero attached hydrogens (tertiary/aromatic N) is 1. The Kier molecular flexibility index (Phi) is 4.31. The summed E-state index contributed by atoms with van der Waals surface area (Å²) in [4.78, 5) is 15.9. The number of halogens is 1. The molecule has 0 radical (unpaired) electrons. The molecule has 2 rings (SSSR count). The van der Waals surface area contributed by atoms with E-state index in [9.17, 15) is 4.79 Å². The molecule has 0 fully saturated rings. The first-order valence-electron chi connectivity index (χ1n) is 5.83. The van der Waals surface area contributed by atoms with E-state index in [1.165, 1.54) is 18.4 Å². The van der Waals surface area contributed by atoms with E-state index in [2.05, 4.69) is 32.3 Å². The Bertz CT molecular complexity index is 443. The molecule has 0 saturated carbocycles. The van der Waals surface area contributed by atoms with Crippen molar-refractivity contribution < 1.29 is 4.79 Å². The second-order valence-electron chi connectivity index (χ2n) is 4.19. The van der Waals surface area contributed by atoms with Crippen LogP contribution in [0.15, 0.2) is 34.5 Å². The molecule has 4 heteroatoms. The van der Waals surface area contributed by atoms with Gasteiger partial charge in [0.05, 0.1) is 0 Å². The molecule has 1 aliphatic carbocycles. The van der Waals surface area contributed by atoms with Gasteiger partial charge in [-0.05, 0) is 37.8 Å². The quantitative estimate of drug-likeness (QED) is 0.864. The minimum Gasteiger partial charge on any atom is -0.310 e. The Labute approximate surface area is 109 Å². The molecule has 0 aromatic carbocycles. The van der Waals surface area contributed by atoms with Gasteiger partial charge >= 0.3 is 0 Å². The number of aromatic nitrogens is 1. The lowest BCUT2D eigenvalue weighted by Crippen LogP contribution is -2.13. The van der Waals surface area contributed by atoms with Crippen LogP contribution in [0.1, 0.15) is 32.1 Å². The Hall–Kier alpha value is -1.16. The van der Waals surface area contributed by atoms with E-state index in [-0.39, 0.29) is 5.91 Å². The number of hydrogen-bond acceptors (Lipinski definition) is 2. The highest BCUT2D eigenvalue weighted by atomic mass is 79.9. The Morgan fingerprint density at radius 2 is 2.35 bits per heavy atom. The van der Waals surface area contributed by atoms with Crippen LogP contribution in [-0.2, 0) is 4.79 Å². The summed E-state index contributed by atoms with van der Waals surface area (Å²) in [5.74, 6) is 0.615. The maximum Gasteiger partial charge on any atom is 0.229 e. The number of carbonyl (C=O) groups excluding carboxylic acids is 1. The highest BCUT2D eigenvalue weighted by Crippen LogP contribution is 2.20. The number of nitrogens with one attached hydrogen (secondary N) is 1. The summed E-state index contributed by atoms with van der Waals surface area (Å²) >= 11 is 3.35. The van der Waals surface area contributed by atoms with Crippen molar-refractivity contribution in [1.82, 2.24) is 4.98 Å². The minimum atomic E-state index is 0.0174. The molecule has 1 amide bonds. The highest BCUT2D eigenvalue weighted by Gasteiger charge is 2.09. The van der Waals surface area contributed by atoms with Gasteiger partial charge in [-0.2, -0.15) is 0 Å². The molecule has 3 nitrogen and oxygen atoms in total. The Morgan fingerprint density at radius 3 is 3.06 bits per heavy atom. The lowest BCUT2D eigenvalue weighted by molar-refractivity contribution is -0.115. The third kappa shape index (κ3) is 3.97. The zero-order chi connectivity index (χ0) is 12.1. The highest BCUT2D eigenvalue weighted by molar-refractivity contribution is 9.10. The van der Waals surface area contributed by atoms with E-state index in [0.717, 1.165) is 17.3 Å². The molecular formula is C13H15BrN2O. The van der Waals surface area contributed by atoms with Crippen molar-refractivity contribution in [1.29, 1.82) is 0 Å². The van der Waals surface area contributed by atoms with Gasteiger partial charge in [0.2, 0.25) is 5.91 Å². The molecule has 0 aliphatic heterocycles. The van der Waals surface area contributed by atoms with E-state index >= 15 is 0 Å². The van der Waals surface area contributed by atoms with E-state index in [1.807, 2.05) is 6.07 Å². The van der Waals surface area contributed by atoms with Gasteiger partial charge in [0.25, 0.3) is 0 Å². The van der Waals surface area contributed by atoms with Gasteiger partial charge in [0.15, 0.2) is 0 Å². The van der Waals surface area contributed by atoms with Crippen molar-refractivity contribution in [2.24, 2.45) is 0 Å². The normalized spacial score (nSPS) is 15.2. The number of pyridine rings is 1. The minimum absolute atomic E-state index is 0.0174. The molecule has 1 aromatic heterocycles. The van der Waals surface area contributed by atoms with Crippen LogP contribution in [0.4, 0.5) is 5.82 Å². The first-order valence-corrected chi connectivity index (χ1v) is 6.62. The summed E-state index contributed by atoms with van der Waals surface area (Å²) in [6.45, 7) is 0. The first kappa shape index (κ1) is 12.3. The van der Waals surface area contributed by atoms with Gasteiger partial charge in [-0.15, -0.1) is 0 Å². The average Bonchev–Trinajstić information content (AvgIpc) is 2.30. The molecule has 0 unspecified atom stereocenters. The van der Waals surface area contributed by atoms with Crippen molar-refractivity contribution in [3.63, 3.8) is 0 Å². The topological polar surface area (TPSA) is 42.0 Å². The SMILES string of the molecule is O=C(CC1=CCCCC1)Nc1cc(Br)ccn1. The number of carbonyl (C=O) groups is 1. The molecule has 0 bridgehead atoms. The van der Waals surface area contributed by atoms with Crippen LogP contribution in [0.5, 0.6) is 0 Å². The van der Waals surface area contributed by atoms with Crippen molar-refractivity contribution >= 4 is 27.7 Å². The van der Waals surface area contributed by atoms with E-state index in [1.54, 1.807) is 12.3 Å². The molecule has 0 saturated heterocycles. The fourth-order valence-corrected chi connectivity index (χ4v) is 2.27. The summed E-state index contributed by atoms with van der Waals surface area (Å²) in [6.07, 6.45) is 8.97. The van der Waals surface area contributed by atoms with Gasteiger partial charge in [0.1, 0.15) is 5.82 Å². The molecule has 0 atom stereocenters. The second-order valence-corrected chi connectivity index (χ2v) is 5.11. The van der Waals surface area contributed by atoms with Gasteiger partial charge in [-0.3, -0.25) is 4.79 Å². The fourth-order valence-electron chi connectivity index (χ4n) is 1.93. The van der Waals surface area contributed by atoms with E-state index in [4.69, 9.17) is 0 Å². The van der Waals surface area contributed by atoms with Crippen molar-refractivity contribution in [2.45, 2.75) is 32.1 Å². The largest absolute Gasteiger partial charge is 0.310 e. The third-order valence-corrected chi connectivity index (χ3v) is 3.26. The number of allylic oxidation sites excluding steroid dienone is 1. The first-order chi connectivity index (χ1) is 8.24. The molecule has 1 heterocycles. The zero-order valence-corrected chi connectivity index (χ0v) is 11.2. The summed E-state index contributed by atoms with van der Waals surface area (Å²) < 4.78 is 0.916. The Balaban J connectivity index is 1.91. The summed E-state index contributed by atoms with van der Waals surface area (Å²) in [5, 5.41) is 2.81. The average molecular weight is 295 g/mol. The summed E-state index contributed by atoms with van der Waals surface area (Å²) in [7, 11) is 0. The molecular weight excluding hydrogens is 280 g/mol. The summed E-state index contributed by atoms with van der Waals surface area (Å²) in [5.41, 5.74) is 1.25. The second kappa shape index (κ2) is 5.96. The molecule has 1 aliphatic rings. The van der Waals surface area contributed by atoms with Crippen LogP contribution >= 0.6 is 15.9 Å². The molecule has 1 aromatic rings. The van der Waals surface area contributed by atoms with Crippen molar-refractivity contribution in [3.05, 3.63) is 34.5 Å². The van der Waals surface area contributed by atoms with Gasteiger partial charge in [-0.1, -0.05) is 27.6 Å². The monoisotopic (exact) mass is 294 g/mol. The Morgan fingerprint density at radius 1 is 1.47 bits per heavy atom. The smallest absolute Gasteiger partial charge is 0.229 e. The zero-order valence-electron chi connectivity index (χ0n) is 9.58. The fraction of sp³-hybridized carbons (Fsp3) is 0.385. The standard InChI is InChI=1S/C13H15BrN2O/c14-11-6-7-15-12(9-11)16-13(17)8-10-4-2-1-3-5-10/h4,6-7,9H,1-3,5,8H2,(H,15,16,17). The lowest BCUT2D eigenvalue weighted by atomic mass is 9.97. The number of hydrogen-bond donors (Lipinski definition) is 1. The van der Waals surface area contributed by atoms with E-state index in [0.29, 0.717) is 12.2 Å². The molecule has 17 heavy (non-hydrogen) atoms. The van der Waals surface area contributed by atoms with Crippen LogP contribution in [0.2, 0.25) is 0 Å². The van der Waals surface area contributed by atoms with Gasteiger partial charge in [0, 0.05) is 17.1 Å². The molecule has 0 spiro atoms. The maximum atomic E-state index is 11.8. The van der Waals surface area contributed by atoms with Crippen molar-refractivity contribution in [2.75, 3.05) is 5.32 Å². The van der Waals surface area contributed by atoms with Crippen LogP contribution in [0.3, 0.4) is 0 Å². The maximum absolute atomic E-state index is 11.8. The van der Waals surface area contributed by atoms with Crippen molar-refractivity contribution in [3.8, 4) is 0 Å².